The highest BCUT2D eigenvalue weighted by atomic mass is 14.1. The standard InChI is InChI=1S/C7H11/c1-6-3-4-7(2)5-6/h3-7H,1-2H3. The molecule has 0 aliphatic heterocycles. The first-order valence-corrected chi connectivity index (χ1v) is 2.82. The van der Waals surface area contributed by atoms with Crippen LogP contribution in [0, 0.1) is 18.3 Å². The van der Waals surface area contributed by atoms with Crippen LogP contribution in [0.25, 0.3) is 0 Å². The number of rotatable bonds is 0. The Morgan fingerprint density at radius 3 is 1.57 bits per heavy atom. The fraction of sp³-hybridized carbons (Fsp3) is 0.571. The van der Waals surface area contributed by atoms with Gasteiger partial charge in [0.15, 0.2) is 0 Å². The molecule has 0 aromatic rings. The van der Waals surface area contributed by atoms with Crippen LogP contribution in [0.1, 0.15) is 13.8 Å². The van der Waals surface area contributed by atoms with E-state index in [1.165, 1.54) is 0 Å². The third-order valence-corrected chi connectivity index (χ3v) is 1.33. The molecule has 0 aromatic carbocycles. The van der Waals surface area contributed by atoms with Gasteiger partial charge in [-0.05, 0) is 18.3 Å². The maximum Gasteiger partial charge on any atom is -0.0225 e. The van der Waals surface area contributed by atoms with E-state index in [2.05, 4.69) is 32.4 Å². The summed E-state index contributed by atoms with van der Waals surface area (Å²) in [5, 5.41) is 0. The van der Waals surface area contributed by atoms with Crippen LogP contribution >= 0.6 is 0 Å². The van der Waals surface area contributed by atoms with E-state index in [0.29, 0.717) is 0 Å². The molecule has 0 N–H and O–H groups in total. The van der Waals surface area contributed by atoms with E-state index in [1.54, 1.807) is 0 Å². The molecular weight excluding hydrogens is 84.1 g/mol. The summed E-state index contributed by atoms with van der Waals surface area (Å²) in [5.74, 6) is 1.44. The van der Waals surface area contributed by atoms with Crippen LogP contribution in [0.5, 0.6) is 0 Å². The van der Waals surface area contributed by atoms with Crippen molar-refractivity contribution in [3.63, 3.8) is 0 Å². The van der Waals surface area contributed by atoms with Gasteiger partial charge in [0.2, 0.25) is 0 Å². The zero-order chi connectivity index (χ0) is 5.28. The minimum atomic E-state index is 0.718. The van der Waals surface area contributed by atoms with Gasteiger partial charge in [0.1, 0.15) is 0 Å². The quantitative estimate of drug-likeness (QED) is 0.404. The SMILES string of the molecule is CC1[CH]C(C)C=C1. The second kappa shape index (κ2) is 1.69. The monoisotopic (exact) mass is 95.1 g/mol. The fourth-order valence-corrected chi connectivity index (χ4v) is 0.958. The number of hydrogen-bond donors (Lipinski definition) is 0. The lowest BCUT2D eigenvalue weighted by Gasteiger charge is -1.96. The highest BCUT2D eigenvalue weighted by molar-refractivity contribution is 5.08. The van der Waals surface area contributed by atoms with Crippen LogP contribution in [0.15, 0.2) is 12.2 Å². The van der Waals surface area contributed by atoms with Crippen molar-refractivity contribution in [3.05, 3.63) is 18.6 Å². The third-order valence-electron chi connectivity index (χ3n) is 1.33. The Bertz CT molecular complexity index is 72.0. The summed E-state index contributed by atoms with van der Waals surface area (Å²) in [6, 6.07) is 0. The van der Waals surface area contributed by atoms with Gasteiger partial charge in [0.25, 0.3) is 0 Å². The van der Waals surface area contributed by atoms with E-state index >= 15 is 0 Å². The molecule has 2 atom stereocenters. The summed E-state index contributed by atoms with van der Waals surface area (Å²) in [7, 11) is 0. The topological polar surface area (TPSA) is 0 Å². The summed E-state index contributed by atoms with van der Waals surface area (Å²) in [6.07, 6.45) is 6.81. The van der Waals surface area contributed by atoms with Crippen molar-refractivity contribution in [1.82, 2.24) is 0 Å². The molecule has 0 spiro atoms. The van der Waals surface area contributed by atoms with Gasteiger partial charge in [0, 0.05) is 0 Å². The van der Waals surface area contributed by atoms with Gasteiger partial charge in [-0.1, -0.05) is 26.0 Å². The first-order valence-electron chi connectivity index (χ1n) is 2.82. The molecule has 0 saturated carbocycles. The van der Waals surface area contributed by atoms with Gasteiger partial charge in [-0.15, -0.1) is 0 Å². The van der Waals surface area contributed by atoms with Crippen LogP contribution < -0.4 is 0 Å². The van der Waals surface area contributed by atoms with Crippen molar-refractivity contribution in [3.8, 4) is 0 Å². The third kappa shape index (κ3) is 1.05. The van der Waals surface area contributed by atoms with Gasteiger partial charge in [0.05, 0.1) is 0 Å². The molecule has 0 heterocycles. The van der Waals surface area contributed by atoms with E-state index in [-0.39, 0.29) is 0 Å². The minimum absolute atomic E-state index is 0.718. The zero-order valence-electron chi connectivity index (χ0n) is 4.89. The largest absolute Gasteiger partial charge is 0.0851 e. The van der Waals surface area contributed by atoms with E-state index in [9.17, 15) is 0 Å². The molecule has 1 rings (SSSR count). The predicted molar refractivity (Wildman–Crippen MR) is 31.8 cm³/mol. The molecule has 0 aromatic heterocycles. The van der Waals surface area contributed by atoms with E-state index in [1.807, 2.05) is 0 Å². The zero-order valence-corrected chi connectivity index (χ0v) is 4.89. The fourth-order valence-electron chi connectivity index (χ4n) is 0.958. The van der Waals surface area contributed by atoms with Crippen LogP contribution in [-0.2, 0) is 0 Å². The molecular formula is C7H11. The molecule has 39 valence electrons. The lowest BCUT2D eigenvalue weighted by atomic mass is 10.1. The summed E-state index contributed by atoms with van der Waals surface area (Å²) in [5.41, 5.74) is 0. The van der Waals surface area contributed by atoms with E-state index in [0.717, 1.165) is 11.8 Å². The summed E-state index contributed by atoms with van der Waals surface area (Å²) in [6.45, 7) is 4.42. The number of hydrogen-bond acceptors (Lipinski definition) is 0. The Balaban J connectivity index is 2.42. The average Bonchev–Trinajstić information content (AvgIpc) is 1.87. The molecule has 0 fully saturated rings. The van der Waals surface area contributed by atoms with E-state index < -0.39 is 0 Å². The molecule has 1 aliphatic carbocycles. The minimum Gasteiger partial charge on any atom is -0.0851 e. The summed E-state index contributed by atoms with van der Waals surface area (Å²) in [4.78, 5) is 0. The molecule has 1 radical (unpaired) electrons. The first-order chi connectivity index (χ1) is 3.29. The van der Waals surface area contributed by atoms with Gasteiger partial charge in [-0.3, -0.25) is 0 Å². The van der Waals surface area contributed by atoms with Gasteiger partial charge in [-0.25, -0.2) is 0 Å². The van der Waals surface area contributed by atoms with Crippen LogP contribution in [0.2, 0.25) is 0 Å². The highest BCUT2D eigenvalue weighted by Gasteiger charge is 2.08. The maximum absolute atomic E-state index is 2.33. The Morgan fingerprint density at radius 2 is 1.43 bits per heavy atom. The molecule has 1 aliphatic rings. The van der Waals surface area contributed by atoms with Crippen molar-refractivity contribution in [2.45, 2.75) is 13.8 Å². The van der Waals surface area contributed by atoms with Gasteiger partial charge in [-0.2, -0.15) is 0 Å². The first kappa shape index (κ1) is 4.89. The van der Waals surface area contributed by atoms with Gasteiger partial charge >= 0.3 is 0 Å². The summed E-state index contributed by atoms with van der Waals surface area (Å²) >= 11 is 0. The van der Waals surface area contributed by atoms with E-state index in [4.69, 9.17) is 0 Å². The lowest BCUT2D eigenvalue weighted by molar-refractivity contribution is 0.764. The van der Waals surface area contributed by atoms with Crippen LogP contribution in [0.4, 0.5) is 0 Å². The molecule has 2 unspecified atom stereocenters. The Labute approximate surface area is 45.2 Å². The van der Waals surface area contributed by atoms with Crippen molar-refractivity contribution in [1.29, 1.82) is 0 Å². The Hall–Kier alpha value is -0.260. The second-order valence-corrected chi connectivity index (χ2v) is 2.30. The normalized spacial score (nSPS) is 39.7. The van der Waals surface area contributed by atoms with Crippen molar-refractivity contribution >= 4 is 0 Å². The smallest absolute Gasteiger partial charge is 0.0225 e. The summed E-state index contributed by atoms with van der Waals surface area (Å²) < 4.78 is 0. The lowest BCUT2D eigenvalue weighted by Crippen LogP contribution is -1.88. The Kier molecular flexibility index (Phi) is 1.18. The second-order valence-electron chi connectivity index (χ2n) is 2.30. The molecule has 0 nitrogen and oxygen atoms in total. The van der Waals surface area contributed by atoms with Gasteiger partial charge < -0.3 is 0 Å². The molecule has 0 bridgehead atoms. The average molecular weight is 95.2 g/mol. The molecule has 0 heteroatoms. The van der Waals surface area contributed by atoms with Crippen molar-refractivity contribution < 1.29 is 0 Å². The molecule has 7 heavy (non-hydrogen) atoms. The van der Waals surface area contributed by atoms with Crippen LogP contribution in [-0.4, -0.2) is 0 Å². The number of allylic oxidation sites excluding steroid dienone is 2. The molecule has 0 saturated heterocycles. The molecule has 0 amide bonds. The predicted octanol–water partition coefficient (Wildman–Crippen LogP) is 2.03. The van der Waals surface area contributed by atoms with Crippen molar-refractivity contribution in [2.75, 3.05) is 0 Å². The maximum atomic E-state index is 2.33. The highest BCUT2D eigenvalue weighted by Crippen LogP contribution is 2.19. The Morgan fingerprint density at radius 1 is 1.00 bits per heavy atom. The van der Waals surface area contributed by atoms with Crippen molar-refractivity contribution in [2.24, 2.45) is 11.8 Å². The van der Waals surface area contributed by atoms with Crippen LogP contribution in [0.3, 0.4) is 0 Å².